The molecule has 0 aliphatic carbocycles. The average molecular weight is 384 g/mol. The van der Waals surface area contributed by atoms with Crippen LogP contribution < -0.4 is 5.32 Å². The second kappa shape index (κ2) is 9.24. The van der Waals surface area contributed by atoms with Crippen molar-refractivity contribution >= 4 is 6.09 Å². The number of carbonyl (C=O) groups is 1. The van der Waals surface area contributed by atoms with Gasteiger partial charge in [-0.25, -0.2) is 4.79 Å². The van der Waals surface area contributed by atoms with Crippen molar-refractivity contribution in [2.45, 2.75) is 64.7 Å². The van der Waals surface area contributed by atoms with Crippen molar-refractivity contribution in [3.05, 3.63) is 71.8 Å². The summed E-state index contributed by atoms with van der Waals surface area (Å²) >= 11 is 0. The van der Waals surface area contributed by atoms with E-state index in [4.69, 9.17) is 4.74 Å². The zero-order valence-corrected chi connectivity index (χ0v) is 17.6. The molecule has 0 heterocycles. The van der Waals surface area contributed by atoms with Crippen molar-refractivity contribution in [3.63, 3.8) is 0 Å². The molecule has 0 radical (unpaired) electrons. The quantitative estimate of drug-likeness (QED) is 0.686. The Morgan fingerprint density at radius 3 is 1.79 bits per heavy atom. The molecule has 2 aromatic rings. The SMILES string of the molecule is CC(C)CCC(NC(=O)OC(C)(C)C)C(O)(c1ccccc1)c1ccccc1. The lowest BCUT2D eigenvalue weighted by atomic mass is 9.78. The third-order valence-electron chi connectivity index (χ3n) is 4.66. The van der Waals surface area contributed by atoms with E-state index in [1.54, 1.807) is 0 Å². The lowest BCUT2D eigenvalue weighted by Crippen LogP contribution is -2.52. The number of nitrogens with one attached hydrogen (secondary N) is 1. The first-order valence-corrected chi connectivity index (χ1v) is 9.96. The van der Waals surface area contributed by atoms with Gasteiger partial charge in [0.05, 0.1) is 6.04 Å². The van der Waals surface area contributed by atoms with E-state index in [9.17, 15) is 9.90 Å². The predicted octanol–water partition coefficient (Wildman–Crippen LogP) is 5.25. The van der Waals surface area contributed by atoms with Crippen LogP contribution in [0, 0.1) is 5.92 Å². The van der Waals surface area contributed by atoms with Gasteiger partial charge in [0.2, 0.25) is 0 Å². The van der Waals surface area contributed by atoms with E-state index < -0.39 is 23.3 Å². The number of carbonyl (C=O) groups excluding carboxylic acids is 1. The van der Waals surface area contributed by atoms with Crippen molar-refractivity contribution in [2.24, 2.45) is 5.92 Å². The smallest absolute Gasteiger partial charge is 0.407 e. The molecule has 1 unspecified atom stereocenters. The van der Waals surface area contributed by atoms with Crippen molar-refractivity contribution in [2.75, 3.05) is 0 Å². The zero-order valence-electron chi connectivity index (χ0n) is 17.6. The number of rotatable bonds is 7. The highest BCUT2D eigenvalue weighted by atomic mass is 16.6. The first kappa shape index (κ1) is 22.0. The van der Waals surface area contributed by atoms with Crippen LogP contribution in [0.3, 0.4) is 0 Å². The summed E-state index contributed by atoms with van der Waals surface area (Å²) in [5.74, 6) is 0.443. The second-order valence-electron chi connectivity index (χ2n) is 8.67. The van der Waals surface area contributed by atoms with Crippen LogP contribution in [-0.2, 0) is 10.3 Å². The summed E-state index contributed by atoms with van der Waals surface area (Å²) in [4.78, 5) is 12.6. The highest BCUT2D eigenvalue weighted by Crippen LogP contribution is 2.35. The number of aliphatic hydroxyl groups is 1. The largest absolute Gasteiger partial charge is 0.444 e. The summed E-state index contributed by atoms with van der Waals surface area (Å²) < 4.78 is 5.48. The number of amides is 1. The van der Waals surface area contributed by atoms with Crippen molar-refractivity contribution in [3.8, 4) is 0 Å². The van der Waals surface area contributed by atoms with E-state index in [1.165, 1.54) is 0 Å². The Morgan fingerprint density at radius 2 is 1.39 bits per heavy atom. The molecule has 0 saturated carbocycles. The van der Waals surface area contributed by atoms with E-state index in [0.717, 1.165) is 17.5 Å². The molecule has 4 heteroatoms. The fourth-order valence-electron chi connectivity index (χ4n) is 3.29. The van der Waals surface area contributed by atoms with Crippen molar-refractivity contribution in [1.29, 1.82) is 0 Å². The summed E-state index contributed by atoms with van der Waals surface area (Å²) in [5, 5.41) is 15.0. The van der Waals surface area contributed by atoms with E-state index >= 15 is 0 Å². The van der Waals surface area contributed by atoms with Gasteiger partial charge in [-0.2, -0.15) is 0 Å². The van der Waals surface area contributed by atoms with Crippen LogP contribution in [0.4, 0.5) is 4.79 Å². The molecule has 0 aromatic heterocycles. The van der Waals surface area contributed by atoms with E-state index in [2.05, 4.69) is 19.2 Å². The summed E-state index contributed by atoms with van der Waals surface area (Å²) in [7, 11) is 0. The molecule has 1 atom stereocenters. The molecular weight excluding hydrogens is 350 g/mol. The van der Waals surface area contributed by atoms with Crippen molar-refractivity contribution < 1.29 is 14.6 Å². The lowest BCUT2D eigenvalue weighted by molar-refractivity contribution is 0.0131. The molecule has 2 rings (SSSR count). The van der Waals surface area contributed by atoms with Crippen molar-refractivity contribution in [1.82, 2.24) is 5.32 Å². The van der Waals surface area contributed by atoms with Crippen LogP contribution in [-0.4, -0.2) is 22.8 Å². The molecule has 0 spiro atoms. The molecule has 1 amide bonds. The summed E-state index contributed by atoms with van der Waals surface area (Å²) in [5.41, 5.74) is -0.490. The third-order valence-corrected chi connectivity index (χ3v) is 4.66. The summed E-state index contributed by atoms with van der Waals surface area (Å²) in [6.45, 7) is 9.76. The average Bonchev–Trinajstić information content (AvgIpc) is 2.64. The van der Waals surface area contributed by atoms with Crippen LogP contribution in [0.15, 0.2) is 60.7 Å². The first-order chi connectivity index (χ1) is 13.1. The Kier molecular flexibility index (Phi) is 7.25. The van der Waals surface area contributed by atoms with Crippen LogP contribution >= 0.6 is 0 Å². The molecule has 0 bridgehead atoms. The first-order valence-electron chi connectivity index (χ1n) is 9.96. The molecule has 0 fully saturated rings. The number of benzene rings is 2. The fourth-order valence-corrected chi connectivity index (χ4v) is 3.29. The van der Waals surface area contributed by atoms with Gasteiger partial charge in [0, 0.05) is 0 Å². The highest BCUT2D eigenvalue weighted by Gasteiger charge is 2.41. The van der Waals surface area contributed by atoms with E-state index in [0.29, 0.717) is 12.3 Å². The molecule has 4 nitrogen and oxygen atoms in total. The number of hydrogen-bond donors (Lipinski definition) is 2. The van der Waals surface area contributed by atoms with Crippen LogP contribution in [0.25, 0.3) is 0 Å². The highest BCUT2D eigenvalue weighted by molar-refractivity contribution is 5.68. The Labute approximate surface area is 168 Å². The standard InChI is InChI=1S/C24H33NO3/c1-18(2)16-17-21(25-22(26)28-23(3,4)5)24(27,19-12-8-6-9-13-19)20-14-10-7-11-15-20/h6-15,18,21,27H,16-17H2,1-5H3,(H,25,26). The Bertz CT molecular complexity index is 696. The van der Waals surface area contributed by atoms with Gasteiger partial charge in [-0.3, -0.25) is 0 Å². The van der Waals surface area contributed by atoms with Gasteiger partial charge in [-0.15, -0.1) is 0 Å². The number of hydrogen-bond acceptors (Lipinski definition) is 3. The molecule has 2 N–H and O–H groups in total. The Morgan fingerprint density at radius 1 is 0.929 bits per heavy atom. The minimum absolute atomic E-state index is 0.443. The maximum atomic E-state index is 12.6. The molecule has 152 valence electrons. The zero-order chi connectivity index (χ0) is 20.8. The minimum atomic E-state index is -1.37. The van der Waals surface area contributed by atoms with Gasteiger partial charge in [-0.1, -0.05) is 74.5 Å². The molecular formula is C24H33NO3. The summed E-state index contributed by atoms with van der Waals surface area (Å²) in [6.07, 6.45) is 0.964. The maximum absolute atomic E-state index is 12.6. The third kappa shape index (κ3) is 5.83. The molecule has 0 aliphatic rings. The second-order valence-corrected chi connectivity index (χ2v) is 8.67. The van der Waals surface area contributed by atoms with Gasteiger partial charge >= 0.3 is 6.09 Å². The van der Waals surface area contributed by atoms with Gasteiger partial charge in [0.1, 0.15) is 11.2 Å². The van der Waals surface area contributed by atoms with E-state index in [-0.39, 0.29) is 0 Å². The van der Waals surface area contributed by atoms with Gasteiger partial charge in [0.15, 0.2) is 0 Å². The van der Waals surface area contributed by atoms with Crippen LogP contribution in [0.5, 0.6) is 0 Å². The normalized spacial score (nSPS) is 13.2. The molecule has 28 heavy (non-hydrogen) atoms. The predicted molar refractivity (Wildman–Crippen MR) is 113 cm³/mol. The molecule has 0 aliphatic heterocycles. The monoisotopic (exact) mass is 383 g/mol. The van der Waals surface area contributed by atoms with Crippen LogP contribution in [0.1, 0.15) is 58.6 Å². The van der Waals surface area contributed by atoms with E-state index in [1.807, 2.05) is 81.4 Å². The Hall–Kier alpha value is -2.33. The Balaban J connectivity index is 2.47. The topological polar surface area (TPSA) is 58.6 Å². The van der Waals surface area contributed by atoms with Crippen LogP contribution in [0.2, 0.25) is 0 Å². The minimum Gasteiger partial charge on any atom is -0.444 e. The molecule has 2 aromatic carbocycles. The number of alkyl carbamates (subject to hydrolysis) is 1. The maximum Gasteiger partial charge on any atom is 0.407 e. The van der Waals surface area contributed by atoms with Gasteiger partial charge in [-0.05, 0) is 50.7 Å². The number of ether oxygens (including phenoxy) is 1. The fraction of sp³-hybridized carbons (Fsp3) is 0.458. The van der Waals surface area contributed by atoms with Gasteiger partial charge < -0.3 is 15.2 Å². The molecule has 0 saturated heterocycles. The van der Waals surface area contributed by atoms with Gasteiger partial charge in [0.25, 0.3) is 0 Å². The lowest BCUT2D eigenvalue weighted by Gasteiger charge is -2.38. The summed E-state index contributed by atoms with van der Waals surface area (Å²) in [6, 6.07) is 18.5.